The van der Waals surface area contributed by atoms with Crippen molar-refractivity contribution in [3.05, 3.63) is 11.4 Å². The van der Waals surface area contributed by atoms with E-state index >= 15 is 0 Å². The van der Waals surface area contributed by atoms with Gasteiger partial charge in [-0.3, -0.25) is 38.4 Å². The predicted molar refractivity (Wildman–Crippen MR) is 197 cm³/mol. The number of Topliss-reactive ketones (excluding diaryl/α,β-unsaturated/α-hetero) is 2. The molecule has 0 aromatic heterocycles. The van der Waals surface area contributed by atoms with Gasteiger partial charge >= 0.3 is 35.8 Å². The van der Waals surface area contributed by atoms with Crippen LogP contribution in [0.4, 0.5) is 0 Å². The van der Waals surface area contributed by atoms with Crippen molar-refractivity contribution in [3.8, 4) is 6.07 Å². The van der Waals surface area contributed by atoms with Gasteiger partial charge in [0.05, 0.1) is 83.1 Å². The lowest BCUT2D eigenvalue weighted by Crippen LogP contribution is -2.21. The highest BCUT2D eigenvalue weighted by Gasteiger charge is 2.51. The third-order valence-corrected chi connectivity index (χ3v) is 9.02. The monoisotopic (exact) mass is 838 g/mol. The molecule has 6 aliphatic carbocycles. The van der Waals surface area contributed by atoms with E-state index in [0.717, 1.165) is 12.8 Å². The van der Waals surface area contributed by atoms with E-state index in [1.807, 2.05) is 6.07 Å². The Morgan fingerprint density at radius 3 is 1.00 bits per heavy atom. The summed E-state index contributed by atoms with van der Waals surface area (Å²) in [5.41, 5.74) is 20.7. The second-order valence-corrected chi connectivity index (χ2v) is 13.1. The number of methoxy groups -OCH3 is 4. The summed E-state index contributed by atoms with van der Waals surface area (Å²) in [7, 11) is 5.26. The summed E-state index contributed by atoms with van der Waals surface area (Å²) in [5.74, 6) is -5.74. The average molecular weight is 840 g/mol. The maximum Gasteiger partial charge on any atom is 0.309 e. The number of rotatable bonds is 10. The van der Waals surface area contributed by atoms with E-state index in [9.17, 15) is 38.4 Å². The molecule has 0 saturated heterocycles. The largest absolute Gasteiger partial charge is 0.481 e. The van der Waals surface area contributed by atoms with E-state index in [0.29, 0.717) is 37.8 Å². The van der Waals surface area contributed by atoms with E-state index in [1.165, 1.54) is 28.4 Å². The molecule has 10 N–H and O–H groups in total. The standard InChI is InChI=1S/C7H12N2O2.2C7H10O4.C5H4N2.C5H6O4.C3H8N2.2ClH/c8-2-6(10)4-1-5(4)7(11)3-9;2*1-10-6(8)4-3-5(4)7(9)11-2;1-7-5-2-4(5)3-6;6-4(7)2-1-3(2)5(8)9;4-2-1-3(2)5;;/h4-5H,1-3,8-9H2;2*4-5H,3H2,1-2H3;4-5H,2H2;2-3H,1H2,(H,6,7)(H,8,9);2-3H,1,4-5H2;2*1H/t3*4-,5-;4-,5+;2*2-,3-;;/m000100../s1. The molecule has 12 atom stereocenters. The Hall–Kier alpha value is -4.44. The molecule has 6 rings (SSSR count). The third-order valence-electron chi connectivity index (χ3n) is 9.02. The minimum Gasteiger partial charge on any atom is -0.481 e. The Kier molecular flexibility index (Phi) is 24.6. The van der Waals surface area contributed by atoms with Crippen molar-refractivity contribution in [3.63, 3.8) is 0 Å². The smallest absolute Gasteiger partial charge is 0.309 e. The first kappa shape index (κ1) is 53.7. The van der Waals surface area contributed by atoms with Crippen molar-refractivity contribution in [2.24, 2.45) is 76.2 Å². The molecule has 6 fully saturated rings. The van der Waals surface area contributed by atoms with Crippen molar-refractivity contribution in [1.29, 1.82) is 5.26 Å². The fourth-order valence-electron chi connectivity index (χ4n) is 4.69. The molecule has 0 amide bonds. The first-order valence-corrected chi connectivity index (χ1v) is 16.9. The first-order valence-electron chi connectivity index (χ1n) is 16.9. The number of aliphatic carboxylic acids is 2. The molecule has 0 bridgehead atoms. The number of nitrogens with two attached hydrogens (primary N) is 4. The van der Waals surface area contributed by atoms with Gasteiger partial charge in [0.25, 0.3) is 0 Å². The molecule has 22 heteroatoms. The normalized spacial score (nSPS) is 30.2. The number of ketones is 2. The number of ether oxygens (including phenoxy) is 4. The third kappa shape index (κ3) is 18.5. The molecule has 316 valence electrons. The number of esters is 4. The Morgan fingerprint density at radius 2 is 0.857 bits per heavy atom. The van der Waals surface area contributed by atoms with Gasteiger partial charge in [0, 0.05) is 30.3 Å². The van der Waals surface area contributed by atoms with Crippen LogP contribution in [0.5, 0.6) is 0 Å². The molecular formula is C34H52Cl2N6O14. The van der Waals surface area contributed by atoms with Gasteiger partial charge in [0.15, 0.2) is 0 Å². The highest BCUT2D eigenvalue weighted by Crippen LogP contribution is 2.41. The fraction of sp³-hybridized carbons (Fsp3) is 0.706. The molecule has 6 aliphatic rings. The van der Waals surface area contributed by atoms with E-state index in [1.54, 1.807) is 0 Å². The second-order valence-electron chi connectivity index (χ2n) is 13.1. The van der Waals surface area contributed by atoms with Crippen molar-refractivity contribution in [2.75, 3.05) is 41.5 Å². The van der Waals surface area contributed by atoms with Crippen molar-refractivity contribution in [1.82, 2.24) is 0 Å². The van der Waals surface area contributed by atoms with Crippen LogP contribution in [-0.2, 0) is 57.3 Å². The van der Waals surface area contributed by atoms with Crippen molar-refractivity contribution < 1.29 is 67.5 Å². The number of hydrogen-bond donors (Lipinski definition) is 6. The van der Waals surface area contributed by atoms with Crippen molar-refractivity contribution in [2.45, 2.75) is 56.7 Å². The highest BCUT2D eigenvalue weighted by atomic mass is 35.5. The van der Waals surface area contributed by atoms with Gasteiger partial charge in [-0.25, -0.2) is 6.57 Å². The second kappa shape index (κ2) is 25.7. The molecular weight excluding hydrogens is 787 g/mol. The van der Waals surface area contributed by atoms with Gasteiger partial charge in [-0.1, -0.05) is 0 Å². The summed E-state index contributed by atoms with van der Waals surface area (Å²) in [6.45, 7) is 6.51. The van der Waals surface area contributed by atoms with Crippen LogP contribution < -0.4 is 22.9 Å². The summed E-state index contributed by atoms with van der Waals surface area (Å²) < 4.78 is 17.8. The lowest BCUT2D eigenvalue weighted by atomic mass is 10.1. The van der Waals surface area contributed by atoms with Gasteiger partial charge in [-0.05, 0) is 32.1 Å². The molecule has 0 radical (unpaired) electrons. The number of nitriles is 1. The lowest BCUT2D eigenvalue weighted by Gasteiger charge is -1.96. The fourth-order valence-corrected chi connectivity index (χ4v) is 4.69. The average Bonchev–Trinajstić information content (AvgIpc) is 3.96. The number of carboxylic acid groups (broad SMARTS) is 2. The number of carboxylic acids is 2. The van der Waals surface area contributed by atoms with Crippen LogP contribution in [-0.4, -0.2) is 117 Å². The SMILES string of the molecule is COC(=O)[C@H]1C[C@@H]1C(=O)OC.COC(=O)[C@H]1C[C@@H]1C(=O)OC.Cl.Cl.NCC(=O)[C@H]1C[C@@H]1C(=O)CN.N[C@H]1C[C@@H]1N.O=C(O)[C@H]1C[C@@H]1C(=O)O.[C-]#[N+][C@H]1C[C@@H]1C#N. The summed E-state index contributed by atoms with van der Waals surface area (Å²) in [4.78, 5) is 88.1. The summed E-state index contributed by atoms with van der Waals surface area (Å²) in [6, 6.07) is 2.73. The minimum atomic E-state index is -0.998. The zero-order chi connectivity index (χ0) is 41.4. The van der Waals surface area contributed by atoms with E-state index in [2.05, 4.69) is 23.8 Å². The molecule has 20 nitrogen and oxygen atoms in total. The van der Waals surface area contributed by atoms with Crippen LogP contribution in [0.25, 0.3) is 4.85 Å². The van der Waals surface area contributed by atoms with Crippen LogP contribution in [0.1, 0.15) is 38.5 Å². The molecule has 0 aromatic carbocycles. The van der Waals surface area contributed by atoms with Gasteiger partial charge < -0.3 is 56.9 Å². The van der Waals surface area contributed by atoms with Crippen LogP contribution in [0.2, 0.25) is 0 Å². The molecule has 6 saturated carbocycles. The number of hydrogen-bond acceptors (Lipinski definition) is 17. The molecule has 0 spiro atoms. The molecule has 0 aliphatic heterocycles. The zero-order valence-corrected chi connectivity index (χ0v) is 33.0. The van der Waals surface area contributed by atoms with Crippen LogP contribution >= 0.6 is 24.8 Å². The highest BCUT2D eigenvalue weighted by molar-refractivity contribution is 5.96. The quantitative estimate of drug-likeness (QED) is 0.0883. The Balaban J connectivity index is 0. The Bertz CT molecular complexity index is 1290. The number of halogens is 2. The summed E-state index contributed by atoms with van der Waals surface area (Å²) >= 11 is 0. The Morgan fingerprint density at radius 1 is 0.589 bits per heavy atom. The summed E-state index contributed by atoms with van der Waals surface area (Å²) in [6.07, 6.45) is 3.93. The summed E-state index contributed by atoms with van der Waals surface area (Å²) in [5, 5.41) is 24.5. The first-order chi connectivity index (χ1) is 25.4. The van der Waals surface area contributed by atoms with Gasteiger partial charge in [0.2, 0.25) is 6.04 Å². The maximum absolute atomic E-state index is 10.9. The van der Waals surface area contributed by atoms with Gasteiger partial charge in [0.1, 0.15) is 17.5 Å². The van der Waals surface area contributed by atoms with Crippen LogP contribution in [0.15, 0.2) is 0 Å². The number of carbonyl (C=O) groups is 8. The maximum atomic E-state index is 10.9. The topological polar surface area (TPSA) is 346 Å². The van der Waals surface area contributed by atoms with E-state index in [4.69, 9.17) is 45.0 Å². The lowest BCUT2D eigenvalue weighted by molar-refractivity contribution is -0.148. The molecule has 0 aromatic rings. The van der Waals surface area contributed by atoms with Crippen LogP contribution in [0, 0.1) is 71.2 Å². The Labute approximate surface area is 336 Å². The van der Waals surface area contributed by atoms with Crippen LogP contribution in [0.3, 0.4) is 0 Å². The van der Waals surface area contributed by atoms with E-state index in [-0.39, 0.29) is 121 Å². The van der Waals surface area contributed by atoms with Gasteiger partial charge in [-0.15, -0.1) is 24.8 Å². The number of nitrogens with zero attached hydrogens (tertiary/aromatic N) is 2. The molecule has 56 heavy (non-hydrogen) atoms. The van der Waals surface area contributed by atoms with Crippen molar-refractivity contribution >= 4 is 72.2 Å². The number of carbonyl (C=O) groups excluding carboxylic acids is 6. The molecule has 0 heterocycles. The zero-order valence-electron chi connectivity index (χ0n) is 31.4. The van der Waals surface area contributed by atoms with Gasteiger partial charge in [-0.2, -0.15) is 5.26 Å². The van der Waals surface area contributed by atoms with E-state index < -0.39 is 23.8 Å². The minimum absolute atomic E-state index is 0. The molecule has 0 unspecified atom stereocenters. The predicted octanol–water partition coefficient (Wildman–Crippen LogP) is -0.887.